The number of nitrogens with zero attached hydrogens (tertiary/aromatic N) is 2. The summed E-state index contributed by atoms with van der Waals surface area (Å²) in [6.45, 7) is 1.72. The third-order valence-corrected chi connectivity index (χ3v) is 7.81. The van der Waals surface area contributed by atoms with Gasteiger partial charge in [0.05, 0.1) is 10.6 Å². The first-order valence-corrected chi connectivity index (χ1v) is 11.4. The highest BCUT2D eigenvalue weighted by Gasteiger charge is 2.25. The maximum Gasteiger partial charge on any atom is 0.321 e. The van der Waals surface area contributed by atoms with Crippen molar-refractivity contribution in [3.05, 3.63) is 20.8 Å². The first-order valence-electron chi connectivity index (χ1n) is 9.73. The van der Waals surface area contributed by atoms with Gasteiger partial charge in [-0.3, -0.25) is 19.5 Å². The Morgan fingerprint density at radius 3 is 2.75 bits per heavy atom. The molecule has 3 amide bonds. The molecule has 2 N–H and O–H groups in total. The first kappa shape index (κ1) is 19.4. The Kier molecular flexibility index (Phi) is 5.46. The zero-order valence-electron chi connectivity index (χ0n) is 16.0. The molecule has 28 heavy (non-hydrogen) atoms. The number of urea groups is 1. The third kappa shape index (κ3) is 3.69. The van der Waals surface area contributed by atoms with Crippen molar-refractivity contribution in [3.8, 4) is 0 Å². The van der Waals surface area contributed by atoms with Gasteiger partial charge < -0.3 is 5.32 Å². The molecule has 0 aromatic carbocycles. The molecule has 0 unspecified atom stereocenters. The fourth-order valence-corrected chi connectivity index (χ4v) is 6.10. The van der Waals surface area contributed by atoms with E-state index in [1.54, 1.807) is 25.3 Å². The van der Waals surface area contributed by atoms with Crippen molar-refractivity contribution in [2.24, 2.45) is 7.05 Å². The molecule has 1 fully saturated rings. The molecule has 4 rings (SSSR count). The van der Waals surface area contributed by atoms with Gasteiger partial charge in [0.15, 0.2) is 5.16 Å². The molecule has 2 heterocycles. The van der Waals surface area contributed by atoms with Crippen LogP contribution in [-0.2, 0) is 24.7 Å². The molecule has 0 spiro atoms. The van der Waals surface area contributed by atoms with Crippen LogP contribution >= 0.6 is 23.1 Å². The van der Waals surface area contributed by atoms with Gasteiger partial charge in [0, 0.05) is 18.0 Å². The summed E-state index contributed by atoms with van der Waals surface area (Å²) in [7, 11) is 1.69. The van der Waals surface area contributed by atoms with Crippen LogP contribution in [0.25, 0.3) is 10.2 Å². The molecule has 150 valence electrons. The smallest absolute Gasteiger partial charge is 0.321 e. The molecule has 1 saturated carbocycles. The second kappa shape index (κ2) is 7.87. The lowest BCUT2D eigenvalue weighted by Crippen LogP contribution is -2.46. The predicted molar refractivity (Wildman–Crippen MR) is 111 cm³/mol. The van der Waals surface area contributed by atoms with E-state index in [2.05, 4.69) is 15.6 Å². The maximum absolute atomic E-state index is 12.8. The molecule has 1 atom stereocenters. The van der Waals surface area contributed by atoms with Gasteiger partial charge in [0.25, 0.3) is 5.56 Å². The zero-order chi connectivity index (χ0) is 19.8. The zero-order valence-corrected chi connectivity index (χ0v) is 17.7. The Hall–Kier alpha value is -1.87. The summed E-state index contributed by atoms with van der Waals surface area (Å²) in [5.74, 6) is -0.386. The molecule has 2 aromatic rings. The van der Waals surface area contributed by atoms with E-state index in [0.29, 0.717) is 5.16 Å². The molecular formula is C19H24N4O3S2. The van der Waals surface area contributed by atoms with E-state index >= 15 is 0 Å². The van der Waals surface area contributed by atoms with E-state index in [-0.39, 0.29) is 17.5 Å². The van der Waals surface area contributed by atoms with Crippen LogP contribution in [-0.4, -0.2) is 32.8 Å². The summed E-state index contributed by atoms with van der Waals surface area (Å²) in [6, 6.07) is -0.294. The van der Waals surface area contributed by atoms with E-state index in [4.69, 9.17) is 0 Å². The van der Waals surface area contributed by atoms with Gasteiger partial charge in [-0.1, -0.05) is 24.6 Å². The normalized spacial score (nSPS) is 17.6. The molecule has 0 bridgehead atoms. The van der Waals surface area contributed by atoms with Crippen molar-refractivity contribution in [1.82, 2.24) is 20.2 Å². The Morgan fingerprint density at radius 1 is 1.25 bits per heavy atom. The van der Waals surface area contributed by atoms with Crippen LogP contribution in [0.3, 0.4) is 0 Å². The highest BCUT2D eigenvalue weighted by Crippen LogP contribution is 2.35. The van der Waals surface area contributed by atoms with Gasteiger partial charge in [0.1, 0.15) is 4.83 Å². The number of thioether (sulfide) groups is 1. The minimum absolute atomic E-state index is 0.0570. The third-order valence-electron chi connectivity index (χ3n) is 5.48. The standard InChI is InChI=1S/C19H24N4O3S2/c1-10(15(24)21-18(26)20-11-6-3-4-7-11)27-19-22-16-14(17(25)23(19)2)12-8-5-9-13(12)28-16/h10-11H,3-9H2,1-2H3,(H2,20,21,24,26)/t10-/m0/s1. The molecular weight excluding hydrogens is 396 g/mol. The van der Waals surface area contributed by atoms with Crippen LogP contribution in [0, 0.1) is 0 Å². The molecule has 9 heteroatoms. The van der Waals surface area contributed by atoms with E-state index in [0.717, 1.165) is 60.7 Å². The van der Waals surface area contributed by atoms with Crippen LogP contribution in [0.15, 0.2) is 9.95 Å². The number of carbonyl (C=O) groups excluding carboxylic acids is 2. The number of nitrogens with one attached hydrogen (secondary N) is 2. The minimum atomic E-state index is -0.545. The van der Waals surface area contributed by atoms with Crippen LogP contribution in [0.1, 0.15) is 49.5 Å². The Morgan fingerprint density at radius 2 is 2.00 bits per heavy atom. The van der Waals surface area contributed by atoms with Crippen LogP contribution < -0.4 is 16.2 Å². The number of fused-ring (bicyclic) bond motifs is 3. The summed E-state index contributed by atoms with van der Waals surface area (Å²) in [6.07, 6.45) is 7.19. The van der Waals surface area contributed by atoms with Crippen LogP contribution in [0.2, 0.25) is 0 Å². The number of thiophene rings is 1. The number of carbonyl (C=O) groups is 2. The van der Waals surface area contributed by atoms with E-state index in [9.17, 15) is 14.4 Å². The number of rotatable bonds is 4. The molecule has 7 nitrogen and oxygen atoms in total. The molecule has 0 radical (unpaired) electrons. The van der Waals surface area contributed by atoms with Gasteiger partial charge in [-0.2, -0.15) is 0 Å². The Balaban J connectivity index is 1.46. The average molecular weight is 421 g/mol. The van der Waals surface area contributed by atoms with Crippen molar-refractivity contribution >= 4 is 45.3 Å². The quantitative estimate of drug-likeness (QED) is 0.586. The highest BCUT2D eigenvalue weighted by atomic mass is 32.2. The van der Waals surface area contributed by atoms with Gasteiger partial charge in [-0.25, -0.2) is 9.78 Å². The number of hydrogen-bond acceptors (Lipinski definition) is 6. The maximum atomic E-state index is 12.8. The highest BCUT2D eigenvalue weighted by molar-refractivity contribution is 8.00. The Labute approximate surface area is 171 Å². The largest absolute Gasteiger partial charge is 0.335 e. The van der Waals surface area contributed by atoms with E-state index in [1.165, 1.54) is 21.2 Å². The molecule has 2 aliphatic carbocycles. The average Bonchev–Trinajstić information content (AvgIpc) is 3.36. The number of amides is 3. The SMILES string of the molecule is C[C@H](Sc1nc2sc3c(c2c(=O)n1C)CCC3)C(=O)NC(=O)NC1CCCC1. The van der Waals surface area contributed by atoms with E-state index < -0.39 is 11.3 Å². The van der Waals surface area contributed by atoms with Crippen molar-refractivity contribution in [3.63, 3.8) is 0 Å². The van der Waals surface area contributed by atoms with Crippen molar-refractivity contribution in [2.75, 3.05) is 0 Å². The van der Waals surface area contributed by atoms with Crippen molar-refractivity contribution in [2.45, 2.75) is 68.3 Å². The van der Waals surface area contributed by atoms with Crippen molar-refractivity contribution in [1.29, 1.82) is 0 Å². The lowest BCUT2D eigenvalue weighted by atomic mass is 10.2. The summed E-state index contributed by atoms with van der Waals surface area (Å²) >= 11 is 2.78. The Bertz CT molecular complexity index is 991. The first-order chi connectivity index (χ1) is 13.4. The molecule has 2 aliphatic rings. The number of aromatic nitrogens is 2. The summed E-state index contributed by atoms with van der Waals surface area (Å²) in [5.41, 5.74) is 1.09. The lowest BCUT2D eigenvalue weighted by molar-refractivity contribution is -0.119. The van der Waals surface area contributed by atoms with Crippen LogP contribution in [0.5, 0.6) is 0 Å². The second-order valence-electron chi connectivity index (χ2n) is 7.50. The van der Waals surface area contributed by atoms with Crippen molar-refractivity contribution < 1.29 is 9.59 Å². The van der Waals surface area contributed by atoms with Gasteiger partial charge in [0.2, 0.25) is 5.91 Å². The predicted octanol–water partition coefficient (Wildman–Crippen LogP) is 2.73. The van der Waals surface area contributed by atoms with Crippen LogP contribution in [0.4, 0.5) is 4.79 Å². The summed E-state index contributed by atoms with van der Waals surface area (Å²) in [5, 5.41) is 5.94. The number of hydrogen-bond donors (Lipinski definition) is 2. The second-order valence-corrected chi connectivity index (χ2v) is 9.89. The molecule has 2 aromatic heterocycles. The molecule has 0 saturated heterocycles. The van der Waals surface area contributed by atoms with Gasteiger partial charge >= 0.3 is 6.03 Å². The topological polar surface area (TPSA) is 93.1 Å². The molecule has 0 aliphatic heterocycles. The summed E-state index contributed by atoms with van der Waals surface area (Å²) in [4.78, 5) is 43.9. The minimum Gasteiger partial charge on any atom is -0.335 e. The monoisotopic (exact) mass is 420 g/mol. The number of imide groups is 1. The lowest BCUT2D eigenvalue weighted by Gasteiger charge is -2.15. The summed E-state index contributed by atoms with van der Waals surface area (Å²) < 4.78 is 1.51. The fraction of sp³-hybridized carbons (Fsp3) is 0.579. The van der Waals surface area contributed by atoms with Gasteiger partial charge in [-0.05, 0) is 44.6 Å². The fourth-order valence-electron chi connectivity index (χ4n) is 3.93. The van der Waals surface area contributed by atoms with Gasteiger partial charge in [-0.15, -0.1) is 11.3 Å². The van der Waals surface area contributed by atoms with E-state index in [1.807, 2.05) is 0 Å². The number of aryl methyl sites for hydroxylation is 2.